The van der Waals surface area contributed by atoms with Gasteiger partial charge in [-0.05, 0) is 49.7 Å². The molecule has 6 nitrogen and oxygen atoms in total. The maximum Gasteiger partial charge on any atom is 0.293 e. The molecule has 0 saturated carbocycles. The predicted molar refractivity (Wildman–Crippen MR) is 112 cm³/mol. The quantitative estimate of drug-likeness (QED) is 0.474. The molecule has 0 saturated heterocycles. The normalized spacial score (nSPS) is 10.7. The molecular weight excluding hydrogens is 386 g/mol. The number of nitrogens with zero attached hydrogens (tertiary/aromatic N) is 2. The van der Waals surface area contributed by atoms with Crippen LogP contribution in [0.3, 0.4) is 0 Å². The van der Waals surface area contributed by atoms with Crippen LogP contribution >= 0.6 is 11.3 Å². The molecule has 3 heterocycles. The van der Waals surface area contributed by atoms with E-state index in [1.807, 2.05) is 43.5 Å². The molecule has 4 rings (SSSR count). The first kappa shape index (κ1) is 18.9. The van der Waals surface area contributed by atoms with Gasteiger partial charge in [0.25, 0.3) is 5.91 Å². The van der Waals surface area contributed by atoms with Crippen LogP contribution in [0.1, 0.15) is 27.4 Å². The summed E-state index contributed by atoms with van der Waals surface area (Å²) in [5.41, 5.74) is 3.90. The lowest BCUT2D eigenvalue weighted by Crippen LogP contribution is -2.10. The van der Waals surface area contributed by atoms with Crippen LogP contribution in [0.25, 0.3) is 11.3 Å². The Morgan fingerprint density at radius 2 is 2.10 bits per heavy atom. The van der Waals surface area contributed by atoms with Crippen LogP contribution in [0.4, 0.5) is 5.13 Å². The van der Waals surface area contributed by atoms with Crippen molar-refractivity contribution in [2.24, 2.45) is 0 Å². The Morgan fingerprint density at radius 3 is 2.90 bits per heavy atom. The van der Waals surface area contributed by atoms with E-state index in [-0.39, 0.29) is 18.3 Å². The van der Waals surface area contributed by atoms with Gasteiger partial charge in [0.1, 0.15) is 18.1 Å². The number of hydrogen-bond acceptors (Lipinski definition) is 6. The molecule has 0 bridgehead atoms. The number of benzene rings is 1. The van der Waals surface area contributed by atoms with E-state index in [1.165, 1.54) is 16.9 Å². The Labute approximate surface area is 172 Å². The highest BCUT2D eigenvalue weighted by molar-refractivity contribution is 7.14. The maximum atomic E-state index is 12.4. The number of aromatic nitrogens is 2. The number of nitrogens with one attached hydrogen (secondary N) is 1. The molecule has 7 heteroatoms. The van der Waals surface area contributed by atoms with Gasteiger partial charge in [-0.3, -0.25) is 15.1 Å². The van der Waals surface area contributed by atoms with Crippen molar-refractivity contribution in [1.82, 2.24) is 9.97 Å². The molecule has 0 radical (unpaired) electrons. The summed E-state index contributed by atoms with van der Waals surface area (Å²) in [5, 5.41) is 5.14. The molecule has 0 aliphatic carbocycles. The molecular formula is C22H19N3O3S. The fourth-order valence-corrected chi connectivity index (χ4v) is 3.54. The van der Waals surface area contributed by atoms with Crippen LogP contribution in [-0.4, -0.2) is 15.9 Å². The van der Waals surface area contributed by atoms with Crippen molar-refractivity contribution >= 4 is 22.4 Å². The van der Waals surface area contributed by atoms with Crippen LogP contribution in [0, 0.1) is 13.8 Å². The van der Waals surface area contributed by atoms with Crippen molar-refractivity contribution in [3.05, 3.63) is 82.9 Å². The number of carbonyl (C=O) groups excluding carboxylic acids is 1. The first-order valence-corrected chi connectivity index (χ1v) is 9.92. The number of carbonyl (C=O) groups is 1. The molecule has 0 spiro atoms. The van der Waals surface area contributed by atoms with Crippen molar-refractivity contribution in [3.8, 4) is 17.0 Å². The molecule has 1 aromatic carbocycles. The highest BCUT2D eigenvalue weighted by atomic mass is 32.1. The number of hydrogen-bond donors (Lipinski definition) is 1. The first-order valence-electron chi connectivity index (χ1n) is 9.04. The molecule has 0 unspecified atom stereocenters. The van der Waals surface area contributed by atoms with Crippen molar-refractivity contribution in [3.63, 3.8) is 0 Å². The number of amides is 1. The zero-order chi connectivity index (χ0) is 20.2. The Kier molecular flexibility index (Phi) is 5.39. The fourth-order valence-electron chi connectivity index (χ4n) is 2.82. The van der Waals surface area contributed by atoms with Crippen LogP contribution in [0.2, 0.25) is 0 Å². The van der Waals surface area contributed by atoms with E-state index in [0.29, 0.717) is 10.9 Å². The van der Waals surface area contributed by atoms with E-state index < -0.39 is 0 Å². The zero-order valence-corrected chi connectivity index (χ0v) is 16.8. The van der Waals surface area contributed by atoms with Crippen molar-refractivity contribution in [2.45, 2.75) is 20.5 Å². The number of aryl methyl sites for hydroxylation is 2. The zero-order valence-electron chi connectivity index (χ0n) is 16.0. The van der Waals surface area contributed by atoms with Gasteiger partial charge in [-0.15, -0.1) is 11.3 Å². The van der Waals surface area contributed by atoms with E-state index in [0.717, 1.165) is 22.6 Å². The summed E-state index contributed by atoms with van der Waals surface area (Å²) >= 11 is 1.35. The molecule has 4 aromatic rings. The van der Waals surface area contributed by atoms with Gasteiger partial charge in [0.05, 0.1) is 5.69 Å². The average molecular weight is 405 g/mol. The molecule has 0 fully saturated rings. The van der Waals surface area contributed by atoms with E-state index in [2.05, 4.69) is 21.4 Å². The number of pyridine rings is 1. The van der Waals surface area contributed by atoms with Crippen LogP contribution in [0.15, 0.2) is 64.7 Å². The number of anilines is 1. The third-order valence-electron chi connectivity index (χ3n) is 4.27. The smallest absolute Gasteiger partial charge is 0.293 e. The molecule has 0 atom stereocenters. The summed E-state index contributed by atoms with van der Waals surface area (Å²) in [4.78, 5) is 21.0. The summed E-state index contributed by atoms with van der Waals surface area (Å²) in [6.07, 6.45) is 3.44. The van der Waals surface area contributed by atoms with E-state index >= 15 is 0 Å². The second-order valence-electron chi connectivity index (χ2n) is 6.56. The van der Waals surface area contributed by atoms with Gasteiger partial charge in [0, 0.05) is 23.3 Å². The van der Waals surface area contributed by atoms with E-state index in [1.54, 1.807) is 24.5 Å². The van der Waals surface area contributed by atoms with Crippen molar-refractivity contribution < 1.29 is 13.9 Å². The van der Waals surface area contributed by atoms with Gasteiger partial charge < -0.3 is 9.15 Å². The molecule has 29 heavy (non-hydrogen) atoms. The van der Waals surface area contributed by atoms with Crippen molar-refractivity contribution in [2.75, 3.05) is 5.32 Å². The summed E-state index contributed by atoms with van der Waals surface area (Å²) in [5.74, 6) is 1.23. The largest absolute Gasteiger partial charge is 0.485 e. The molecule has 146 valence electrons. The number of ether oxygens (including phenoxy) is 1. The van der Waals surface area contributed by atoms with Crippen molar-refractivity contribution in [1.29, 1.82) is 0 Å². The predicted octanol–water partition coefficient (Wildman–Crippen LogP) is 5.25. The highest BCUT2D eigenvalue weighted by Crippen LogP contribution is 2.25. The SMILES string of the molecule is Cc1ccc(OCc2ccc(C(=O)Nc3nc(-c4cccnc4)cs3)o2)c(C)c1. The number of furan rings is 1. The van der Waals surface area contributed by atoms with Gasteiger partial charge in [-0.1, -0.05) is 17.7 Å². The molecule has 0 aliphatic heterocycles. The summed E-state index contributed by atoms with van der Waals surface area (Å²) in [7, 11) is 0. The summed E-state index contributed by atoms with van der Waals surface area (Å²) < 4.78 is 11.4. The third-order valence-corrected chi connectivity index (χ3v) is 5.03. The van der Waals surface area contributed by atoms with Crippen LogP contribution < -0.4 is 10.1 Å². The minimum atomic E-state index is -0.352. The standard InChI is InChI=1S/C22H19N3O3S/c1-14-5-7-19(15(2)10-14)27-12-17-6-8-20(28-17)21(26)25-22-24-18(13-29-22)16-4-3-9-23-11-16/h3-11,13H,12H2,1-2H3,(H,24,25,26). The number of thiazole rings is 1. The topological polar surface area (TPSA) is 77.2 Å². The minimum absolute atomic E-state index is 0.211. The fraction of sp³-hybridized carbons (Fsp3) is 0.136. The van der Waals surface area contributed by atoms with Gasteiger partial charge in [0.2, 0.25) is 0 Å². The Hall–Kier alpha value is -3.45. The molecule has 1 N–H and O–H groups in total. The summed E-state index contributed by atoms with van der Waals surface area (Å²) in [6.45, 7) is 4.28. The van der Waals surface area contributed by atoms with Gasteiger partial charge in [-0.25, -0.2) is 4.98 Å². The lowest BCUT2D eigenvalue weighted by molar-refractivity contribution is 0.0992. The van der Waals surface area contributed by atoms with Gasteiger partial charge in [0.15, 0.2) is 10.9 Å². The summed E-state index contributed by atoms with van der Waals surface area (Å²) in [6, 6.07) is 13.1. The van der Waals surface area contributed by atoms with Gasteiger partial charge in [-0.2, -0.15) is 0 Å². The first-order chi connectivity index (χ1) is 14.1. The lowest BCUT2D eigenvalue weighted by atomic mass is 10.1. The van der Waals surface area contributed by atoms with Crippen LogP contribution in [0.5, 0.6) is 5.75 Å². The Balaban J connectivity index is 1.38. The molecule has 1 amide bonds. The van der Waals surface area contributed by atoms with Gasteiger partial charge >= 0.3 is 0 Å². The van der Waals surface area contributed by atoms with Crippen LogP contribution in [-0.2, 0) is 6.61 Å². The highest BCUT2D eigenvalue weighted by Gasteiger charge is 2.14. The third kappa shape index (κ3) is 4.52. The van der Waals surface area contributed by atoms with E-state index in [4.69, 9.17) is 9.15 Å². The minimum Gasteiger partial charge on any atom is -0.485 e. The number of rotatable bonds is 6. The lowest BCUT2D eigenvalue weighted by Gasteiger charge is -2.08. The molecule has 3 aromatic heterocycles. The van der Waals surface area contributed by atoms with E-state index in [9.17, 15) is 4.79 Å². The maximum absolute atomic E-state index is 12.4. The average Bonchev–Trinajstić information content (AvgIpc) is 3.38. The monoisotopic (exact) mass is 405 g/mol. The molecule has 0 aliphatic rings. The second kappa shape index (κ2) is 8.28. The second-order valence-corrected chi connectivity index (χ2v) is 7.42. The Bertz CT molecular complexity index is 1140. The Morgan fingerprint density at radius 1 is 1.21 bits per heavy atom.